The first-order valence-electron chi connectivity index (χ1n) is 20.8. The minimum Gasteiger partial charge on any atom is -0.339 e. The molecule has 0 saturated heterocycles. The molecule has 2 nitrogen and oxygen atoms in total. The van der Waals surface area contributed by atoms with Crippen LogP contribution in [0.15, 0.2) is 44.0 Å². The summed E-state index contributed by atoms with van der Waals surface area (Å²) in [5.74, 6) is -0.356. The highest BCUT2D eigenvalue weighted by Gasteiger charge is 2.26. The smallest absolute Gasteiger partial charge is 0.132 e. The maximum absolute atomic E-state index is 16.7. The van der Waals surface area contributed by atoms with Crippen molar-refractivity contribution in [3.05, 3.63) is 66.7 Å². The zero-order chi connectivity index (χ0) is 38.2. The molecule has 0 spiro atoms. The fraction of sp³-hybridized carbons (Fsp3) is 0.522. The van der Waals surface area contributed by atoms with E-state index in [1.54, 1.807) is 34.8 Å². The predicted octanol–water partition coefficient (Wildman–Crippen LogP) is 17.4. The van der Waals surface area contributed by atoms with Crippen LogP contribution in [-0.4, -0.2) is 9.13 Å². The molecular weight excluding hydrogens is 842 g/mol. The number of fused-ring (bicyclic) bond motifs is 5. The van der Waals surface area contributed by atoms with Crippen molar-refractivity contribution in [3.63, 3.8) is 0 Å². The van der Waals surface area contributed by atoms with Crippen LogP contribution in [-0.2, 0) is 25.9 Å². The Bertz CT molecular complexity index is 2000. The lowest BCUT2D eigenvalue weighted by molar-refractivity contribution is 0.600. The number of benzene rings is 2. The first kappa shape index (κ1) is 41.6. The SMILES string of the molecule is CCCCCCc1cc(Br)sc1-c1cc2c(cc1F)c1c(c3cc(F)c(-c4sc(Br)cc4CCCCCC)cc3n1CCCCCC)n2CCCCCC. The van der Waals surface area contributed by atoms with Crippen molar-refractivity contribution >= 4 is 87.4 Å². The summed E-state index contributed by atoms with van der Waals surface area (Å²) < 4.78 is 40.4. The van der Waals surface area contributed by atoms with E-state index in [9.17, 15) is 0 Å². The molecule has 8 heteroatoms. The zero-order valence-corrected chi connectivity index (χ0v) is 37.6. The van der Waals surface area contributed by atoms with Crippen molar-refractivity contribution in [2.24, 2.45) is 0 Å². The van der Waals surface area contributed by atoms with Gasteiger partial charge in [-0.2, -0.15) is 0 Å². The van der Waals surface area contributed by atoms with Gasteiger partial charge in [0, 0.05) is 44.7 Å². The van der Waals surface area contributed by atoms with Crippen molar-refractivity contribution in [1.82, 2.24) is 9.13 Å². The molecule has 4 heterocycles. The van der Waals surface area contributed by atoms with Gasteiger partial charge in [0.15, 0.2) is 0 Å². The largest absolute Gasteiger partial charge is 0.339 e. The molecule has 0 unspecified atom stereocenters. The van der Waals surface area contributed by atoms with Gasteiger partial charge in [0.1, 0.15) is 11.6 Å². The Hall–Kier alpha value is -2.00. The van der Waals surface area contributed by atoms with Gasteiger partial charge in [-0.3, -0.25) is 0 Å². The highest BCUT2D eigenvalue weighted by Crippen LogP contribution is 2.46. The van der Waals surface area contributed by atoms with E-state index >= 15 is 8.78 Å². The van der Waals surface area contributed by atoms with Crippen molar-refractivity contribution in [2.75, 3.05) is 0 Å². The minimum atomic E-state index is -0.178. The number of thiophene rings is 2. The van der Waals surface area contributed by atoms with Crippen LogP contribution in [0.25, 0.3) is 53.7 Å². The second-order valence-corrected chi connectivity index (χ2v) is 20.1. The van der Waals surface area contributed by atoms with Crippen LogP contribution in [0.3, 0.4) is 0 Å². The van der Waals surface area contributed by atoms with Crippen LogP contribution in [0.2, 0.25) is 0 Å². The fourth-order valence-corrected chi connectivity index (χ4v) is 11.7. The summed E-state index contributed by atoms with van der Waals surface area (Å²) in [7, 11) is 0. The van der Waals surface area contributed by atoms with E-state index in [1.807, 2.05) is 0 Å². The van der Waals surface area contributed by atoms with Crippen LogP contribution < -0.4 is 0 Å². The summed E-state index contributed by atoms with van der Waals surface area (Å²) in [5, 5.41) is 1.87. The number of aromatic nitrogens is 2. The quantitative estimate of drug-likeness (QED) is 0.0601. The van der Waals surface area contributed by atoms with Crippen LogP contribution >= 0.6 is 54.5 Å². The molecule has 0 saturated carbocycles. The summed E-state index contributed by atoms with van der Waals surface area (Å²) in [6.07, 6.45) is 20.3. The third-order valence-electron chi connectivity index (χ3n) is 11.1. The van der Waals surface area contributed by atoms with Gasteiger partial charge < -0.3 is 9.13 Å². The van der Waals surface area contributed by atoms with E-state index in [1.165, 1.54) is 62.5 Å². The van der Waals surface area contributed by atoms with Crippen molar-refractivity contribution in [2.45, 2.75) is 156 Å². The molecule has 6 aromatic rings. The molecule has 292 valence electrons. The van der Waals surface area contributed by atoms with E-state index in [0.717, 1.165) is 127 Å². The molecule has 0 aliphatic carbocycles. The molecule has 0 aliphatic rings. The first-order chi connectivity index (χ1) is 26.3. The van der Waals surface area contributed by atoms with Gasteiger partial charge in [0.05, 0.1) is 29.6 Å². The lowest BCUT2D eigenvalue weighted by atomic mass is 10.0. The van der Waals surface area contributed by atoms with Gasteiger partial charge in [-0.15, -0.1) is 22.7 Å². The number of hydrogen-bond acceptors (Lipinski definition) is 2. The first-order valence-corrected chi connectivity index (χ1v) is 24.1. The molecular formula is C46H58Br2F2N2S2. The maximum Gasteiger partial charge on any atom is 0.132 e. The molecule has 0 aliphatic heterocycles. The monoisotopic (exact) mass is 898 g/mol. The average molecular weight is 901 g/mol. The molecule has 2 aromatic carbocycles. The third-order valence-corrected chi connectivity index (χ3v) is 14.6. The topological polar surface area (TPSA) is 9.86 Å². The Morgan fingerprint density at radius 1 is 0.481 bits per heavy atom. The maximum atomic E-state index is 16.7. The number of unbranched alkanes of at least 4 members (excludes halogenated alkanes) is 12. The van der Waals surface area contributed by atoms with Crippen molar-refractivity contribution < 1.29 is 8.78 Å². The predicted molar refractivity (Wildman–Crippen MR) is 241 cm³/mol. The van der Waals surface area contributed by atoms with Crippen LogP contribution in [0.4, 0.5) is 8.78 Å². The van der Waals surface area contributed by atoms with E-state index in [0.29, 0.717) is 11.1 Å². The standard InChI is InChI=1S/C46H58Br2F2N2S2/c1-5-9-13-17-21-31-25-41(47)53-45(31)33-29-39-35(27-37(33)49)43-44(51(39)23-19-15-11-7-3)36-28-38(50)34(30-40(36)52(43)24-20-16-12-8-4)46-32(26-42(48)54-46)22-18-14-10-6-2/h25-30H,5-24H2,1-4H3. The van der Waals surface area contributed by atoms with Gasteiger partial charge in [-0.25, -0.2) is 8.78 Å². The van der Waals surface area contributed by atoms with E-state index < -0.39 is 0 Å². The van der Waals surface area contributed by atoms with Crippen LogP contribution in [0.1, 0.15) is 142 Å². The zero-order valence-electron chi connectivity index (χ0n) is 32.8. The summed E-state index contributed by atoms with van der Waals surface area (Å²) in [5.41, 5.74) is 8.01. The lowest BCUT2D eigenvalue weighted by Crippen LogP contribution is -2.00. The Morgan fingerprint density at radius 2 is 0.852 bits per heavy atom. The summed E-state index contributed by atoms with van der Waals surface area (Å²) in [4.78, 5) is 2.05. The number of hydrogen-bond donors (Lipinski definition) is 0. The Kier molecular flexibility index (Phi) is 15.4. The van der Waals surface area contributed by atoms with Gasteiger partial charge in [0.25, 0.3) is 0 Å². The number of nitrogens with zero attached hydrogens (tertiary/aromatic N) is 2. The van der Waals surface area contributed by atoms with Crippen LogP contribution in [0.5, 0.6) is 0 Å². The number of rotatable bonds is 22. The molecule has 4 aromatic heterocycles. The minimum absolute atomic E-state index is 0.178. The summed E-state index contributed by atoms with van der Waals surface area (Å²) in [6.45, 7) is 10.6. The highest BCUT2D eigenvalue weighted by molar-refractivity contribution is 9.11. The van der Waals surface area contributed by atoms with Gasteiger partial charge >= 0.3 is 0 Å². The molecule has 0 atom stereocenters. The third kappa shape index (κ3) is 9.24. The molecule has 0 fully saturated rings. The molecule has 0 radical (unpaired) electrons. The summed E-state index contributed by atoms with van der Waals surface area (Å²) >= 11 is 10.7. The van der Waals surface area contributed by atoms with Crippen molar-refractivity contribution in [1.29, 1.82) is 0 Å². The molecule has 0 N–H and O–H groups in total. The second-order valence-electron chi connectivity index (χ2n) is 15.3. The normalized spacial score (nSPS) is 12.1. The van der Waals surface area contributed by atoms with E-state index in [4.69, 9.17) is 0 Å². The number of aryl methyl sites for hydroxylation is 4. The summed E-state index contributed by atoms with van der Waals surface area (Å²) in [6, 6.07) is 12.2. The van der Waals surface area contributed by atoms with E-state index in [-0.39, 0.29) is 11.6 Å². The van der Waals surface area contributed by atoms with Gasteiger partial charge in [-0.1, -0.05) is 105 Å². The Morgan fingerprint density at radius 3 is 1.22 bits per heavy atom. The lowest BCUT2D eigenvalue weighted by Gasteiger charge is -2.13. The molecule has 54 heavy (non-hydrogen) atoms. The van der Waals surface area contributed by atoms with Crippen molar-refractivity contribution in [3.8, 4) is 20.9 Å². The average Bonchev–Trinajstić information content (AvgIpc) is 3.88. The van der Waals surface area contributed by atoms with Gasteiger partial charge in [-0.05, 0) is 118 Å². The molecule has 0 amide bonds. The van der Waals surface area contributed by atoms with Gasteiger partial charge in [0.2, 0.25) is 0 Å². The van der Waals surface area contributed by atoms with E-state index in [2.05, 4.69) is 93.0 Å². The number of halogens is 4. The Balaban J connectivity index is 1.56. The molecule has 0 bridgehead atoms. The highest BCUT2D eigenvalue weighted by atomic mass is 79.9. The molecule has 6 rings (SSSR count). The second kappa shape index (κ2) is 19.9. The fourth-order valence-electron chi connectivity index (χ4n) is 8.30. The Labute approximate surface area is 347 Å². The van der Waals surface area contributed by atoms with Crippen LogP contribution in [0, 0.1) is 11.6 Å².